The van der Waals surface area contributed by atoms with E-state index < -0.39 is 54.2 Å². The van der Waals surface area contributed by atoms with E-state index in [2.05, 4.69) is 10.7 Å². The second kappa shape index (κ2) is 11.3. The van der Waals surface area contributed by atoms with E-state index in [9.17, 15) is 33.6 Å². The van der Waals surface area contributed by atoms with Crippen LogP contribution in [0.4, 0.5) is 4.79 Å². The van der Waals surface area contributed by atoms with Gasteiger partial charge in [-0.3, -0.25) is 29.4 Å². The van der Waals surface area contributed by atoms with Gasteiger partial charge in [0.2, 0.25) is 11.8 Å². The molecule has 14 nitrogen and oxygen atoms in total. The fourth-order valence-electron chi connectivity index (χ4n) is 3.84. The number of aliphatic carboxylic acids is 1. The van der Waals surface area contributed by atoms with E-state index in [-0.39, 0.29) is 43.5 Å². The van der Waals surface area contributed by atoms with E-state index in [0.29, 0.717) is 6.42 Å². The van der Waals surface area contributed by atoms with E-state index in [1.807, 2.05) is 0 Å². The Labute approximate surface area is 205 Å². The maximum Gasteiger partial charge on any atom is 0.358 e. The third kappa shape index (κ3) is 6.14. The second-order valence-corrected chi connectivity index (χ2v) is 8.11. The van der Waals surface area contributed by atoms with Crippen LogP contribution >= 0.6 is 0 Å². The summed E-state index contributed by atoms with van der Waals surface area (Å²) in [5.41, 5.74) is 2.57. The molecule has 3 rings (SSSR count). The summed E-state index contributed by atoms with van der Waals surface area (Å²) < 4.78 is 4.92. The molecule has 0 spiro atoms. The minimum Gasteiger partial charge on any atom is -0.481 e. The van der Waals surface area contributed by atoms with Crippen molar-refractivity contribution >= 4 is 42.0 Å². The molecule has 2 saturated heterocycles. The number of carboxylic acid groups (broad SMARTS) is 1. The third-order valence-electron chi connectivity index (χ3n) is 5.47. The van der Waals surface area contributed by atoms with Gasteiger partial charge in [0.15, 0.2) is 0 Å². The predicted molar refractivity (Wildman–Crippen MR) is 119 cm³/mol. The lowest BCUT2D eigenvalue weighted by Gasteiger charge is -2.42. The summed E-state index contributed by atoms with van der Waals surface area (Å²) in [5.74, 6) is -3.52. The van der Waals surface area contributed by atoms with Crippen LogP contribution in [-0.4, -0.2) is 87.3 Å². The van der Waals surface area contributed by atoms with Crippen LogP contribution in [-0.2, 0) is 24.0 Å². The number of hydrazine groups is 2. The topological polar surface area (TPSA) is 183 Å². The molecular weight excluding hydrogens is 478 g/mol. The number of carboxylic acids is 1. The van der Waals surface area contributed by atoms with Gasteiger partial charge in [0.05, 0.1) is 19.0 Å². The summed E-state index contributed by atoms with van der Waals surface area (Å²) in [6, 6.07) is 2.21. The van der Waals surface area contributed by atoms with E-state index in [4.69, 9.17) is 9.84 Å². The van der Waals surface area contributed by atoms with Crippen LogP contribution < -0.4 is 15.5 Å². The molecule has 14 heteroatoms. The van der Waals surface area contributed by atoms with Gasteiger partial charge in [0.25, 0.3) is 5.91 Å². The molecule has 0 bridgehead atoms. The Morgan fingerprint density at radius 3 is 2.47 bits per heavy atom. The summed E-state index contributed by atoms with van der Waals surface area (Å²) in [7, 11) is 0. The number of aldehydes is 1. The third-order valence-corrected chi connectivity index (χ3v) is 5.47. The summed E-state index contributed by atoms with van der Waals surface area (Å²) in [5, 5.41) is 14.2. The number of rotatable bonds is 8. The number of carbonyl (C=O) groups excluding carboxylic acids is 6. The summed E-state index contributed by atoms with van der Waals surface area (Å²) >= 11 is 0. The van der Waals surface area contributed by atoms with Crippen molar-refractivity contribution in [2.75, 3.05) is 13.1 Å². The van der Waals surface area contributed by atoms with Gasteiger partial charge >= 0.3 is 18.0 Å². The van der Waals surface area contributed by atoms with Crippen molar-refractivity contribution in [1.82, 2.24) is 25.8 Å². The van der Waals surface area contributed by atoms with Gasteiger partial charge in [-0.15, -0.1) is 0 Å². The zero-order valence-corrected chi connectivity index (χ0v) is 19.3. The van der Waals surface area contributed by atoms with Crippen molar-refractivity contribution in [3.8, 4) is 5.75 Å². The molecule has 0 unspecified atom stereocenters. The Morgan fingerprint density at radius 1 is 1.17 bits per heavy atom. The number of nitrogens with one attached hydrogen (secondary N) is 2. The SMILES string of the molecule is CC(=O)Oc1ccc(C(=O)NN2CCC(=O)N3CCC[C@@H](C(=O)N[C@H](C=O)CC(=O)O)N3C2=O)cc1. The molecule has 1 aromatic carbocycles. The van der Waals surface area contributed by atoms with Gasteiger partial charge in [-0.05, 0) is 37.1 Å². The van der Waals surface area contributed by atoms with Crippen molar-refractivity contribution < 1.29 is 43.4 Å². The molecule has 1 aromatic rings. The molecule has 36 heavy (non-hydrogen) atoms. The van der Waals surface area contributed by atoms with E-state index in [1.54, 1.807) is 0 Å². The van der Waals surface area contributed by atoms with Gasteiger partial charge in [0.1, 0.15) is 18.1 Å². The lowest BCUT2D eigenvalue weighted by atomic mass is 10.1. The molecule has 2 heterocycles. The molecule has 2 fully saturated rings. The molecular formula is C22H25N5O9. The van der Waals surface area contributed by atoms with Crippen LogP contribution in [0, 0.1) is 0 Å². The average Bonchev–Trinajstić information content (AvgIpc) is 2.95. The van der Waals surface area contributed by atoms with Crippen LogP contribution in [0.25, 0.3) is 0 Å². The van der Waals surface area contributed by atoms with Gasteiger partial charge in [-0.2, -0.15) is 0 Å². The number of carbonyl (C=O) groups is 7. The second-order valence-electron chi connectivity index (χ2n) is 8.11. The maximum absolute atomic E-state index is 13.4. The highest BCUT2D eigenvalue weighted by Crippen LogP contribution is 2.24. The Kier molecular flexibility index (Phi) is 8.19. The van der Waals surface area contributed by atoms with Gasteiger partial charge < -0.3 is 20.0 Å². The number of esters is 1. The number of urea groups is 1. The van der Waals surface area contributed by atoms with E-state index >= 15 is 0 Å². The van der Waals surface area contributed by atoms with E-state index in [1.165, 1.54) is 31.2 Å². The quantitative estimate of drug-likeness (QED) is 0.238. The van der Waals surface area contributed by atoms with Gasteiger partial charge in [0, 0.05) is 25.5 Å². The van der Waals surface area contributed by atoms with Crippen LogP contribution in [0.5, 0.6) is 5.75 Å². The molecule has 2 aliphatic heterocycles. The number of ether oxygens (including phenoxy) is 1. The summed E-state index contributed by atoms with van der Waals surface area (Å²) in [6.07, 6.45) is 0.0508. The van der Waals surface area contributed by atoms with Crippen LogP contribution in [0.3, 0.4) is 0 Å². The smallest absolute Gasteiger partial charge is 0.358 e. The maximum atomic E-state index is 13.4. The molecule has 192 valence electrons. The monoisotopic (exact) mass is 503 g/mol. The highest BCUT2D eigenvalue weighted by Gasteiger charge is 2.44. The van der Waals surface area contributed by atoms with Crippen LogP contribution in [0.15, 0.2) is 24.3 Å². The fraction of sp³-hybridized carbons (Fsp3) is 0.409. The number of fused-ring (bicyclic) bond motifs is 1. The standard InChI is InChI=1S/C22H25N5O9/c1-13(29)36-16-6-4-14(5-7-16)20(33)24-25-10-8-18(30)26-9-2-3-17(27(26)22(25)35)21(34)23-15(12-28)11-19(31)32/h4-7,12,15,17H,2-3,8-11H2,1H3,(H,23,34)(H,24,33)(H,31,32)/t15-,17-/m0/s1. The van der Waals surface area contributed by atoms with Crippen molar-refractivity contribution in [1.29, 1.82) is 0 Å². The Bertz CT molecular complexity index is 1070. The molecule has 0 aromatic heterocycles. The molecule has 5 amide bonds. The lowest BCUT2D eigenvalue weighted by molar-refractivity contribution is -0.155. The van der Waals surface area contributed by atoms with Crippen molar-refractivity contribution in [3.05, 3.63) is 29.8 Å². The fourth-order valence-corrected chi connectivity index (χ4v) is 3.84. The number of amides is 5. The molecule has 0 radical (unpaired) electrons. The van der Waals surface area contributed by atoms with Crippen LogP contribution in [0.1, 0.15) is 43.0 Å². The largest absolute Gasteiger partial charge is 0.481 e. The number of hydrogen-bond acceptors (Lipinski definition) is 8. The van der Waals surface area contributed by atoms with Crippen molar-refractivity contribution in [3.63, 3.8) is 0 Å². The Hall–Kier alpha value is -4.49. The van der Waals surface area contributed by atoms with Crippen molar-refractivity contribution in [2.45, 2.75) is 44.7 Å². The van der Waals surface area contributed by atoms with E-state index in [0.717, 1.165) is 15.0 Å². The first-order valence-electron chi connectivity index (χ1n) is 11.1. The minimum absolute atomic E-state index is 0.127. The van der Waals surface area contributed by atoms with Gasteiger partial charge in [-0.1, -0.05) is 0 Å². The molecule has 2 aliphatic rings. The Balaban J connectivity index is 1.77. The first-order chi connectivity index (χ1) is 17.1. The average molecular weight is 503 g/mol. The summed E-state index contributed by atoms with van der Waals surface area (Å²) in [6.45, 7) is 1.24. The first-order valence-corrected chi connectivity index (χ1v) is 11.1. The highest BCUT2D eigenvalue weighted by molar-refractivity contribution is 5.97. The first kappa shape index (κ1) is 26.1. The molecule has 3 N–H and O–H groups in total. The minimum atomic E-state index is -1.31. The Morgan fingerprint density at radius 2 is 1.86 bits per heavy atom. The zero-order chi connectivity index (χ0) is 26.4. The van der Waals surface area contributed by atoms with Gasteiger partial charge in [-0.25, -0.2) is 19.8 Å². The lowest BCUT2D eigenvalue weighted by Crippen LogP contribution is -2.64. The highest BCUT2D eigenvalue weighted by atomic mass is 16.5. The van der Waals surface area contributed by atoms with Crippen LogP contribution in [0.2, 0.25) is 0 Å². The number of benzene rings is 1. The normalized spacial score (nSPS) is 18.5. The molecule has 0 aliphatic carbocycles. The number of nitrogens with zero attached hydrogens (tertiary/aromatic N) is 3. The predicted octanol–water partition coefficient (Wildman–Crippen LogP) is -0.551. The zero-order valence-electron chi connectivity index (χ0n) is 19.3. The number of hydrogen-bond donors (Lipinski definition) is 3. The molecule has 0 saturated carbocycles. The van der Waals surface area contributed by atoms with Crippen molar-refractivity contribution in [2.24, 2.45) is 0 Å². The molecule has 2 atom stereocenters. The summed E-state index contributed by atoms with van der Waals surface area (Å²) in [4.78, 5) is 84.9.